The maximum atomic E-state index is 11.6. The molecule has 16 heavy (non-hydrogen) atoms. The summed E-state index contributed by atoms with van der Waals surface area (Å²) >= 11 is 0. The lowest BCUT2D eigenvalue weighted by molar-refractivity contribution is -0.00865. The Kier molecular flexibility index (Phi) is 2.93. The van der Waals surface area contributed by atoms with Crippen LogP contribution in [0.25, 0.3) is 0 Å². The number of aromatic nitrogens is 2. The zero-order valence-electron chi connectivity index (χ0n) is 8.78. The summed E-state index contributed by atoms with van der Waals surface area (Å²) in [6.45, 7) is 0.00554. The molecule has 0 aliphatic heterocycles. The zero-order chi connectivity index (χ0) is 11.7. The van der Waals surface area contributed by atoms with Gasteiger partial charge in [-0.05, 0) is 18.4 Å². The van der Waals surface area contributed by atoms with Crippen molar-refractivity contribution in [3.63, 3.8) is 0 Å². The van der Waals surface area contributed by atoms with Crippen molar-refractivity contribution in [3.05, 3.63) is 22.7 Å². The van der Waals surface area contributed by atoms with Crippen molar-refractivity contribution in [1.82, 2.24) is 9.55 Å². The number of nitrogen functional groups attached to an aromatic ring is 1. The highest BCUT2D eigenvalue weighted by Crippen LogP contribution is 2.42. The fraction of sp³-hybridized carbons (Fsp3) is 0.600. The van der Waals surface area contributed by atoms with E-state index in [2.05, 4.69) is 4.98 Å². The first-order valence-corrected chi connectivity index (χ1v) is 5.23. The largest absolute Gasteiger partial charge is 0.396 e. The van der Waals surface area contributed by atoms with Gasteiger partial charge in [0.25, 0.3) is 0 Å². The highest BCUT2D eigenvalue weighted by molar-refractivity contribution is 5.23. The number of nitrogens with two attached hydrogens (primary N) is 1. The van der Waals surface area contributed by atoms with Crippen molar-refractivity contribution < 1.29 is 10.2 Å². The van der Waals surface area contributed by atoms with E-state index in [9.17, 15) is 9.90 Å². The summed E-state index contributed by atoms with van der Waals surface area (Å²) in [7, 11) is 0. The monoisotopic (exact) mass is 225 g/mol. The summed E-state index contributed by atoms with van der Waals surface area (Å²) in [5.74, 6) is 0.187. The Hall–Kier alpha value is -1.40. The molecular weight excluding hydrogens is 210 g/mol. The van der Waals surface area contributed by atoms with Crippen LogP contribution >= 0.6 is 0 Å². The molecule has 4 N–H and O–H groups in total. The summed E-state index contributed by atoms with van der Waals surface area (Å²) < 4.78 is 1.48. The van der Waals surface area contributed by atoms with Crippen molar-refractivity contribution in [2.75, 3.05) is 18.9 Å². The highest BCUT2D eigenvalue weighted by Gasteiger charge is 2.41. The molecule has 0 amide bonds. The smallest absolute Gasteiger partial charge is 0.349 e. The molecule has 1 heterocycles. The predicted molar refractivity (Wildman–Crippen MR) is 57.7 cm³/mol. The Balaban J connectivity index is 2.23. The molecule has 1 aromatic heterocycles. The van der Waals surface area contributed by atoms with E-state index in [4.69, 9.17) is 10.8 Å². The van der Waals surface area contributed by atoms with Crippen LogP contribution in [0.3, 0.4) is 0 Å². The SMILES string of the molecule is Nc1ccn([C@@H]2C[C@@H](CO)[C@H]2CO)c(=O)n1. The zero-order valence-corrected chi connectivity index (χ0v) is 8.78. The Morgan fingerprint density at radius 1 is 1.50 bits per heavy atom. The van der Waals surface area contributed by atoms with Crippen LogP contribution in [0, 0.1) is 11.8 Å². The minimum Gasteiger partial charge on any atom is -0.396 e. The molecule has 6 nitrogen and oxygen atoms in total. The predicted octanol–water partition coefficient (Wildman–Crippen LogP) is -1.01. The van der Waals surface area contributed by atoms with Gasteiger partial charge in [0, 0.05) is 31.4 Å². The van der Waals surface area contributed by atoms with Crippen LogP contribution in [0.15, 0.2) is 17.1 Å². The number of hydrogen-bond donors (Lipinski definition) is 3. The van der Waals surface area contributed by atoms with Gasteiger partial charge in [-0.25, -0.2) is 4.79 Å². The molecule has 88 valence electrons. The van der Waals surface area contributed by atoms with E-state index in [0.29, 0.717) is 6.42 Å². The molecule has 1 fully saturated rings. The van der Waals surface area contributed by atoms with Crippen LogP contribution in [-0.2, 0) is 0 Å². The lowest BCUT2D eigenvalue weighted by Gasteiger charge is -2.43. The standard InChI is InChI=1S/C10H15N3O3/c11-9-1-2-13(10(16)12-9)8-3-6(4-14)7(8)5-15/h1-2,6-8,14-15H,3-5H2,(H2,11,12,16)/t6-,7+,8+/m0/s1. The van der Waals surface area contributed by atoms with Crippen LogP contribution in [0.1, 0.15) is 12.5 Å². The first-order valence-electron chi connectivity index (χ1n) is 5.23. The van der Waals surface area contributed by atoms with Crippen LogP contribution in [0.4, 0.5) is 5.82 Å². The molecule has 0 spiro atoms. The molecule has 6 heteroatoms. The van der Waals surface area contributed by atoms with E-state index < -0.39 is 5.69 Å². The molecule has 1 aliphatic carbocycles. The summed E-state index contributed by atoms with van der Waals surface area (Å²) in [6, 6.07) is 1.48. The number of rotatable bonds is 3. The van der Waals surface area contributed by atoms with Crippen molar-refractivity contribution >= 4 is 5.82 Å². The first kappa shape index (κ1) is 11.1. The number of anilines is 1. The van der Waals surface area contributed by atoms with Crippen LogP contribution in [-0.4, -0.2) is 33.0 Å². The molecular formula is C10H15N3O3. The Labute approximate surface area is 92.4 Å². The molecule has 3 atom stereocenters. The highest BCUT2D eigenvalue weighted by atomic mass is 16.3. The lowest BCUT2D eigenvalue weighted by Crippen LogP contribution is -2.46. The second-order valence-electron chi connectivity index (χ2n) is 4.13. The topological polar surface area (TPSA) is 101 Å². The van der Waals surface area contributed by atoms with Crippen molar-refractivity contribution in [2.24, 2.45) is 11.8 Å². The Morgan fingerprint density at radius 2 is 2.25 bits per heavy atom. The number of nitrogens with zero attached hydrogens (tertiary/aromatic N) is 2. The molecule has 0 unspecified atom stereocenters. The number of aliphatic hydroxyl groups excluding tert-OH is 2. The average molecular weight is 225 g/mol. The average Bonchev–Trinajstić information content (AvgIpc) is 2.21. The van der Waals surface area contributed by atoms with E-state index in [-0.39, 0.29) is 36.9 Å². The second kappa shape index (κ2) is 4.23. The van der Waals surface area contributed by atoms with Crippen molar-refractivity contribution in [3.8, 4) is 0 Å². The molecule has 0 aromatic carbocycles. The summed E-state index contributed by atoms with van der Waals surface area (Å²) in [6.07, 6.45) is 2.28. The van der Waals surface area contributed by atoms with Gasteiger partial charge in [0.2, 0.25) is 0 Å². The summed E-state index contributed by atoms with van der Waals surface area (Å²) in [4.78, 5) is 15.2. The van der Waals surface area contributed by atoms with Gasteiger partial charge < -0.3 is 15.9 Å². The van der Waals surface area contributed by atoms with Crippen LogP contribution in [0.5, 0.6) is 0 Å². The second-order valence-corrected chi connectivity index (χ2v) is 4.13. The van der Waals surface area contributed by atoms with Gasteiger partial charge in [0.1, 0.15) is 5.82 Å². The van der Waals surface area contributed by atoms with Gasteiger partial charge in [0.05, 0.1) is 0 Å². The van der Waals surface area contributed by atoms with E-state index in [0.717, 1.165) is 0 Å². The van der Waals surface area contributed by atoms with E-state index in [1.165, 1.54) is 4.57 Å². The third-order valence-corrected chi connectivity index (χ3v) is 3.30. The van der Waals surface area contributed by atoms with Gasteiger partial charge in [0.15, 0.2) is 0 Å². The normalized spacial score (nSPS) is 28.8. The van der Waals surface area contributed by atoms with Crippen LogP contribution in [0.2, 0.25) is 0 Å². The van der Waals surface area contributed by atoms with E-state index in [1.807, 2.05) is 0 Å². The molecule has 0 bridgehead atoms. The molecule has 0 saturated heterocycles. The maximum Gasteiger partial charge on any atom is 0.349 e. The fourth-order valence-corrected chi connectivity index (χ4v) is 2.26. The van der Waals surface area contributed by atoms with Gasteiger partial charge >= 0.3 is 5.69 Å². The number of aliphatic hydroxyl groups is 2. The minimum absolute atomic E-state index is 0.0350. The van der Waals surface area contributed by atoms with Gasteiger partial charge in [-0.2, -0.15) is 4.98 Å². The third-order valence-electron chi connectivity index (χ3n) is 3.30. The third kappa shape index (κ3) is 1.70. The first-order chi connectivity index (χ1) is 7.67. The minimum atomic E-state index is -0.403. The molecule has 1 saturated carbocycles. The van der Waals surface area contributed by atoms with Gasteiger partial charge in [-0.1, -0.05) is 0 Å². The number of hydrogen-bond acceptors (Lipinski definition) is 5. The quantitative estimate of drug-likeness (QED) is 0.611. The summed E-state index contributed by atoms with van der Waals surface area (Å²) in [5, 5.41) is 18.2. The lowest BCUT2D eigenvalue weighted by atomic mass is 9.70. The fourth-order valence-electron chi connectivity index (χ4n) is 2.26. The van der Waals surface area contributed by atoms with Crippen LogP contribution < -0.4 is 11.4 Å². The van der Waals surface area contributed by atoms with Crippen molar-refractivity contribution in [1.29, 1.82) is 0 Å². The summed E-state index contributed by atoms with van der Waals surface area (Å²) in [5.41, 5.74) is 4.99. The molecule has 0 radical (unpaired) electrons. The Morgan fingerprint density at radius 3 is 2.81 bits per heavy atom. The van der Waals surface area contributed by atoms with E-state index >= 15 is 0 Å². The van der Waals surface area contributed by atoms with Crippen molar-refractivity contribution in [2.45, 2.75) is 12.5 Å². The molecule has 1 aromatic rings. The van der Waals surface area contributed by atoms with E-state index in [1.54, 1.807) is 12.3 Å². The molecule has 1 aliphatic rings. The Bertz CT molecular complexity index is 432. The van der Waals surface area contributed by atoms with Gasteiger partial charge in [-0.15, -0.1) is 0 Å². The van der Waals surface area contributed by atoms with Gasteiger partial charge in [-0.3, -0.25) is 4.57 Å². The maximum absolute atomic E-state index is 11.6. The molecule has 2 rings (SSSR count).